The standard InChI is InChI=1S/C11H10ClN3O2/c1-7-10(12)5-14-15(7)6-9-3-2-8(4-13-9)11(16)17/h2-5H,6H2,1H3,(H,16,17). The van der Waals surface area contributed by atoms with Gasteiger partial charge in [-0.1, -0.05) is 11.6 Å². The normalized spacial score (nSPS) is 10.5. The minimum atomic E-state index is -0.984. The Kier molecular flexibility index (Phi) is 3.10. The van der Waals surface area contributed by atoms with Crippen molar-refractivity contribution >= 4 is 17.6 Å². The number of carboxylic acid groups (broad SMARTS) is 1. The molecule has 0 spiro atoms. The SMILES string of the molecule is Cc1c(Cl)cnn1Cc1ccc(C(=O)O)cn1. The molecule has 2 aromatic heterocycles. The highest BCUT2D eigenvalue weighted by Gasteiger charge is 2.06. The third kappa shape index (κ3) is 2.45. The Morgan fingerprint density at radius 2 is 2.24 bits per heavy atom. The van der Waals surface area contributed by atoms with E-state index in [0.29, 0.717) is 11.6 Å². The summed E-state index contributed by atoms with van der Waals surface area (Å²) in [6, 6.07) is 3.18. The minimum Gasteiger partial charge on any atom is -0.478 e. The Labute approximate surface area is 103 Å². The van der Waals surface area contributed by atoms with Gasteiger partial charge in [0.1, 0.15) is 0 Å². The third-order valence-corrected chi connectivity index (χ3v) is 2.80. The van der Waals surface area contributed by atoms with Crippen LogP contribution in [0.4, 0.5) is 0 Å². The number of pyridine rings is 1. The Bertz CT molecular complexity index is 548. The van der Waals surface area contributed by atoms with E-state index in [1.807, 2.05) is 6.92 Å². The van der Waals surface area contributed by atoms with E-state index < -0.39 is 5.97 Å². The number of halogens is 1. The molecule has 6 heteroatoms. The summed E-state index contributed by atoms with van der Waals surface area (Å²) >= 11 is 5.88. The average molecular weight is 252 g/mol. The molecule has 0 radical (unpaired) electrons. The summed E-state index contributed by atoms with van der Waals surface area (Å²) in [5.74, 6) is -0.984. The molecule has 0 amide bonds. The van der Waals surface area contributed by atoms with Gasteiger partial charge in [0.05, 0.1) is 34.7 Å². The number of aromatic nitrogens is 3. The first-order valence-corrected chi connectivity index (χ1v) is 5.32. The van der Waals surface area contributed by atoms with Gasteiger partial charge in [0.15, 0.2) is 0 Å². The maximum atomic E-state index is 10.7. The van der Waals surface area contributed by atoms with Crippen LogP contribution in [0.3, 0.4) is 0 Å². The van der Waals surface area contributed by atoms with E-state index in [1.54, 1.807) is 16.9 Å². The second-order valence-corrected chi connectivity index (χ2v) is 3.99. The minimum absolute atomic E-state index is 0.170. The van der Waals surface area contributed by atoms with Gasteiger partial charge in [-0.15, -0.1) is 0 Å². The maximum Gasteiger partial charge on any atom is 0.337 e. The second kappa shape index (κ2) is 4.55. The van der Waals surface area contributed by atoms with Gasteiger partial charge in [-0.3, -0.25) is 9.67 Å². The predicted octanol–water partition coefficient (Wildman–Crippen LogP) is 1.99. The van der Waals surface area contributed by atoms with Gasteiger partial charge in [-0.25, -0.2) is 4.79 Å². The molecule has 0 fully saturated rings. The van der Waals surface area contributed by atoms with Crippen LogP contribution >= 0.6 is 11.6 Å². The highest BCUT2D eigenvalue weighted by Crippen LogP contribution is 2.14. The van der Waals surface area contributed by atoms with Crippen molar-refractivity contribution < 1.29 is 9.90 Å². The van der Waals surface area contributed by atoms with Crippen LogP contribution in [-0.2, 0) is 6.54 Å². The molecule has 0 atom stereocenters. The van der Waals surface area contributed by atoms with Crippen LogP contribution < -0.4 is 0 Å². The quantitative estimate of drug-likeness (QED) is 0.906. The summed E-state index contributed by atoms with van der Waals surface area (Å²) in [5.41, 5.74) is 1.76. The van der Waals surface area contributed by atoms with Gasteiger partial charge in [0, 0.05) is 6.20 Å². The number of rotatable bonds is 3. The first-order valence-electron chi connectivity index (χ1n) is 4.94. The van der Waals surface area contributed by atoms with Gasteiger partial charge in [0.25, 0.3) is 0 Å². The molecular weight excluding hydrogens is 242 g/mol. The van der Waals surface area contributed by atoms with Crippen LogP contribution in [0.5, 0.6) is 0 Å². The molecule has 88 valence electrons. The van der Waals surface area contributed by atoms with Crippen molar-refractivity contribution in [2.24, 2.45) is 0 Å². The molecule has 0 saturated heterocycles. The van der Waals surface area contributed by atoms with E-state index >= 15 is 0 Å². The molecule has 17 heavy (non-hydrogen) atoms. The summed E-state index contributed by atoms with van der Waals surface area (Å²) in [4.78, 5) is 14.7. The fourth-order valence-corrected chi connectivity index (χ4v) is 1.52. The third-order valence-electron chi connectivity index (χ3n) is 2.43. The van der Waals surface area contributed by atoms with E-state index in [-0.39, 0.29) is 5.56 Å². The van der Waals surface area contributed by atoms with Crippen molar-refractivity contribution in [1.29, 1.82) is 0 Å². The van der Waals surface area contributed by atoms with Crippen LogP contribution in [0.1, 0.15) is 21.7 Å². The van der Waals surface area contributed by atoms with Crippen molar-refractivity contribution in [3.05, 3.63) is 46.5 Å². The summed E-state index contributed by atoms with van der Waals surface area (Å²) < 4.78 is 1.71. The molecule has 0 saturated carbocycles. The van der Waals surface area contributed by atoms with Crippen molar-refractivity contribution in [2.45, 2.75) is 13.5 Å². The van der Waals surface area contributed by atoms with Gasteiger partial charge in [0.2, 0.25) is 0 Å². The zero-order chi connectivity index (χ0) is 12.4. The summed E-state index contributed by atoms with van der Waals surface area (Å²) in [6.45, 7) is 2.33. The number of hydrogen-bond acceptors (Lipinski definition) is 3. The lowest BCUT2D eigenvalue weighted by Crippen LogP contribution is -2.06. The summed E-state index contributed by atoms with van der Waals surface area (Å²) in [6.07, 6.45) is 2.90. The van der Waals surface area contributed by atoms with Gasteiger partial charge in [-0.2, -0.15) is 5.10 Å². The molecule has 1 N–H and O–H groups in total. The smallest absolute Gasteiger partial charge is 0.337 e. The average Bonchev–Trinajstić information content (AvgIpc) is 2.62. The Balaban J connectivity index is 2.19. The molecule has 0 unspecified atom stereocenters. The Morgan fingerprint density at radius 3 is 2.71 bits per heavy atom. The number of carbonyl (C=O) groups is 1. The lowest BCUT2D eigenvalue weighted by molar-refractivity contribution is 0.0696. The van der Waals surface area contributed by atoms with Gasteiger partial charge in [-0.05, 0) is 19.1 Å². The largest absolute Gasteiger partial charge is 0.478 e. The summed E-state index contributed by atoms with van der Waals surface area (Å²) in [7, 11) is 0. The topological polar surface area (TPSA) is 68.0 Å². The molecule has 0 bridgehead atoms. The number of aromatic carboxylic acids is 1. The van der Waals surface area contributed by atoms with E-state index in [4.69, 9.17) is 16.7 Å². The Hall–Kier alpha value is -1.88. The van der Waals surface area contributed by atoms with Gasteiger partial charge >= 0.3 is 5.97 Å². The zero-order valence-corrected chi connectivity index (χ0v) is 9.85. The molecule has 0 aliphatic carbocycles. The lowest BCUT2D eigenvalue weighted by Gasteiger charge is -2.04. The first kappa shape index (κ1) is 11.6. The molecule has 2 aromatic rings. The van der Waals surface area contributed by atoms with E-state index in [0.717, 1.165) is 11.4 Å². The second-order valence-electron chi connectivity index (χ2n) is 3.58. The van der Waals surface area contributed by atoms with Crippen LogP contribution in [0.15, 0.2) is 24.5 Å². The van der Waals surface area contributed by atoms with Crippen LogP contribution in [0.25, 0.3) is 0 Å². The molecule has 0 aliphatic rings. The van der Waals surface area contributed by atoms with Crippen LogP contribution in [0.2, 0.25) is 5.02 Å². The molecule has 0 aromatic carbocycles. The van der Waals surface area contributed by atoms with E-state index in [2.05, 4.69) is 10.1 Å². The summed E-state index contributed by atoms with van der Waals surface area (Å²) in [5, 5.41) is 13.4. The highest BCUT2D eigenvalue weighted by molar-refractivity contribution is 6.31. The molecule has 0 aliphatic heterocycles. The monoisotopic (exact) mass is 251 g/mol. The van der Waals surface area contributed by atoms with Crippen LogP contribution in [-0.4, -0.2) is 25.8 Å². The number of hydrogen-bond donors (Lipinski definition) is 1. The van der Waals surface area contributed by atoms with Crippen molar-refractivity contribution in [2.75, 3.05) is 0 Å². The molecular formula is C11H10ClN3O2. The fraction of sp³-hybridized carbons (Fsp3) is 0.182. The molecule has 5 nitrogen and oxygen atoms in total. The van der Waals surface area contributed by atoms with Gasteiger partial charge < -0.3 is 5.11 Å². The van der Waals surface area contributed by atoms with Crippen LogP contribution in [0, 0.1) is 6.92 Å². The van der Waals surface area contributed by atoms with E-state index in [1.165, 1.54) is 12.3 Å². The molecule has 2 rings (SSSR count). The number of nitrogens with zero attached hydrogens (tertiary/aromatic N) is 3. The Morgan fingerprint density at radius 1 is 1.47 bits per heavy atom. The van der Waals surface area contributed by atoms with E-state index in [9.17, 15) is 4.79 Å². The molecule has 2 heterocycles. The lowest BCUT2D eigenvalue weighted by atomic mass is 10.2. The fourth-order valence-electron chi connectivity index (χ4n) is 1.38. The predicted molar refractivity (Wildman–Crippen MR) is 62.3 cm³/mol. The maximum absolute atomic E-state index is 10.7. The van der Waals surface area contributed by atoms with Crippen molar-refractivity contribution in [1.82, 2.24) is 14.8 Å². The van der Waals surface area contributed by atoms with Crippen molar-refractivity contribution in [3.63, 3.8) is 0 Å². The highest BCUT2D eigenvalue weighted by atomic mass is 35.5. The number of carboxylic acids is 1. The first-order chi connectivity index (χ1) is 8.08. The van der Waals surface area contributed by atoms with Crippen molar-refractivity contribution in [3.8, 4) is 0 Å². The zero-order valence-electron chi connectivity index (χ0n) is 9.09.